The number of H-pyrrole nitrogens is 1. The molecule has 0 aliphatic heterocycles. The van der Waals surface area contributed by atoms with Gasteiger partial charge in [0.05, 0.1) is 11.3 Å². The Morgan fingerprint density at radius 1 is 1.00 bits per heavy atom. The van der Waals surface area contributed by atoms with E-state index in [0.717, 1.165) is 58.9 Å². The standard InChI is InChI=1S/C29H27N7/c30-26-22(5-2-16-33-26)27-35-25-12-11-24(20-4-1-6-23-21(20)13-17-32-23)34-28(25)36(27)19-9-7-18(8-10-19)29(31)14-3-15-29/h1-2,5-13,16-17,20,32H,3-4,14-15,31H2,(H2,30,33). The number of nitrogens with zero attached hydrogens (tertiary/aromatic N) is 4. The van der Waals surface area contributed by atoms with Crippen LogP contribution in [0.4, 0.5) is 5.82 Å². The molecule has 7 nitrogen and oxygen atoms in total. The number of allylic oxidation sites excluding steroid dienone is 1. The second-order valence-corrected chi connectivity index (χ2v) is 9.88. The van der Waals surface area contributed by atoms with Crippen LogP contribution in [0.25, 0.3) is 34.3 Å². The van der Waals surface area contributed by atoms with Crippen LogP contribution < -0.4 is 11.5 Å². The molecule has 1 aromatic carbocycles. The molecule has 0 radical (unpaired) electrons. The van der Waals surface area contributed by atoms with Crippen molar-refractivity contribution in [2.45, 2.75) is 37.1 Å². The van der Waals surface area contributed by atoms with Crippen LogP contribution in [0.2, 0.25) is 0 Å². The van der Waals surface area contributed by atoms with Crippen LogP contribution in [0.1, 0.15) is 54.1 Å². The summed E-state index contributed by atoms with van der Waals surface area (Å²) in [7, 11) is 0. The first-order chi connectivity index (χ1) is 17.6. The minimum Gasteiger partial charge on any atom is -0.383 e. The van der Waals surface area contributed by atoms with Gasteiger partial charge in [0.25, 0.3) is 0 Å². The van der Waals surface area contributed by atoms with E-state index in [1.54, 1.807) is 6.20 Å². The summed E-state index contributed by atoms with van der Waals surface area (Å²) in [5.74, 6) is 1.36. The number of aromatic amines is 1. The molecule has 5 aromatic rings. The van der Waals surface area contributed by atoms with Gasteiger partial charge >= 0.3 is 0 Å². The molecule has 0 amide bonds. The number of nitrogens with one attached hydrogen (secondary N) is 1. The number of hydrogen-bond donors (Lipinski definition) is 3. The molecule has 4 aromatic heterocycles. The van der Waals surface area contributed by atoms with Gasteiger partial charge in [0, 0.05) is 35.2 Å². The molecular weight excluding hydrogens is 446 g/mol. The van der Waals surface area contributed by atoms with Crippen LogP contribution in [-0.2, 0) is 5.54 Å². The van der Waals surface area contributed by atoms with E-state index < -0.39 is 0 Å². The summed E-state index contributed by atoms with van der Waals surface area (Å²) in [6.07, 6.45) is 12.2. The fourth-order valence-electron chi connectivity index (χ4n) is 5.56. The average molecular weight is 474 g/mol. The number of aromatic nitrogens is 5. The second kappa shape index (κ2) is 7.90. The molecule has 0 bridgehead atoms. The number of rotatable bonds is 4. The van der Waals surface area contributed by atoms with E-state index in [-0.39, 0.29) is 11.5 Å². The highest BCUT2D eigenvalue weighted by Gasteiger charge is 2.34. The van der Waals surface area contributed by atoms with E-state index >= 15 is 0 Å². The van der Waals surface area contributed by atoms with Crippen molar-refractivity contribution in [1.29, 1.82) is 0 Å². The van der Waals surface area contributed by atoms with Crippen molar-refractivity contribution in [2.75, 3.05) is 5.73 Å². The quantitative estimate of drug-likeness (QED) is 0.329. The van der Waals surface area contributed by atoms with Crippen molar-refractivity contribution in [3.05, 3.63) is 95.6 Å². The molecule has 0 saturated heterocycles. The third kappa shape index (κ3) is 3.20. The number of imidazole rings is 1. The third-order valence-electron chi connectivity index (χ3n) is 7.75. The van der Waals surface area contributed by atoms with E-state index in [1.807, 2.05) is 18.3 Å². The van der Waals surface area contributed by atoms with Crippen LogP contribution in [0.15, 0.2) is 73.1 Å². The number of nitrogens with two attached hydrogens (primary N) is 2. The lowest BCUT2D eigenvalue weighted by atomic mass is 9.73. The van der Waals surface area contributed by atoms with Gasteiger partial charge in [-0.1, -0.05) is 18.2 Å². The van der Waals surface area contributed by atoms with E-state index in [0.29, 0.717) is 5.82 Å². The maximum atomic E-state index is 6.59. The van der Waals surface area contributed by atoms with Gasteiger partial charge in [0.1, 0.15) is 11.3 Å². The zero-order valence-electron chi connectivity index (χ0n) is 19.9. The minimum atomic E-state index is -0.208. The predicted molar refractivity (Wildman–Crippen MR) is 143 cm³/mol. The Morgan fingerprint density at radius 2 is 1.86 bits per heavy atom. The molecule has 1 unspecified atom stereocenters. The third-order valence-corrected chi connectivity index (χ3v) is 7.75. The molecule has 5 N–H and O–H groups in total. The summed E-state index contributed by atoms with van der Waals surface area (Å²) in [6.45, 7) is 0. The largest absolute Gasteiger partial charge is 0.383 e. The molecule has 178 valence electrons. The van der Waals surface area contributed by atoms with Gasteiger partial charge in [0.15, 0.2) is 11.5 Å². The van der Waals surface area contributed by atoms with E-state index in [2.05, 4.69) is 69.2 Å². The van der Waals surface area contributed by atoms with Gasteiger partial charge in [-0.25, -0.2) is 15.0 Å². The van der Waals surface area contributed by atoms with Crippen molar-refractivity contribution in [1.82, 2.24) is 24.5 Å². The number of pyridine rings is 2. The molecule has 2 aliphatic carbocycles. The van der Waals surface area contributed by atoms with E-state index in [1.165, 1.54) is 17.5 Å². The van der Waals surface area contributed by atoms with Crippen LogP contribution in [-0.4, -0.2) is 24.5 Å². The van der Waals surface area contributed by atoms with Crippen LogP contribution in [0, 0.1) is 0 Å². The summed E-state index contributed by atoms with van der Waals surface area (Å²) < 4.78 is 2.09. The number of nitrogen functional groups attached to an aromatic ring is 1. The summed E-state index contributed by atoms with van der Waals surface area (Å²) >= 11 is 0. The smallest absolute Gasteiger partial charge is 0.165 e. The zero-order valence-corrected chi connectivity index (χ0v) is 19.9. The van der Waals surface area contributed by atoms with Gasteiger partial charge in [-0.2, -0.15) is 0 Å². The molecule has 1 atom stereocenters. The van der Waals surface area contributed by atoms with Gasteiger partial charge in [0.2, 0.25) is 0 Å². The lowest BCUT2D eigenvalue weighted by Gasteiger charge is -2.38. The molecular formula is C29H27N7. The number of fused-ring (bicyclic) bond motifs is 2. The highest BCUT2D eigenvalue weighted by Crippen LogP contribution is 2.40. The van der Waals surface area contributed by atoms with Gasteiger partial charge in [-0.15, -0.1) is 0 Å². The van der Waals surface area contributed by atoms with Crippen LogP contribution in [0.3, 0.4) is 0 Å². The highest BCUT2D eigenvalue weighted by atomic mass is 15.1. The maximum absolute atomic E-state index is 6.59. The number of anilines is 1. The van der Waals surface area contributed by atoms with Crippen molar-refractivity contribution in [2.24, 2.45) is 5.73 Å². The van der Waals surface area contributed by atoms with Crippen LogP contribution >= 0.6 is 0 Å². The Morgan fingerprint density at radius 3 is 2.64 bits per heavy atom. The fourth-order valence-corrected chi connectivity index (χ4v) is 5.56. The fraction of sp³-hybridized carbons (Fsp3) is 0.207. The normalized spacial score (nSPS) is 18.2. The van der Waals surface area contributed by atoms with Crippen molar-refractivity contribution >= 4 is 23.1 Å². The predicted octanol–water partition coefficient (Wildman–Crippen LogP) is 5.28. The average Bonchev–Trinajstić information content (AvgIpc) is 3.52. The molecule has 36 heavy (non-hydrogen) atoms. The Bertz CT molecular complexity index is 1620. The molecule has 1 saturated carbocycles. The van der Waals surface area contributed by atoms with Gasteiger partial charge in [-0.3, -0.25) is 4.57 Å². The molecule has 7 rings (SSSR count). The van der Waals surface area contributed by atoms with E-state index in [4.69, 9.17) is 21.4 Å². The number of benzene rings is 1. The topological polar surface area (TPSA) is 111 Å². The Balaban J connectivity index is 1.41. The van der Waals surface area contributed by atoms with Crippen molar-refractivity contribution in [3.63, 3.8) is 0 Å². The Kier molecular flexibility index (Phi) is 4.62. The Labute approximate surface area is 208 Å². The molecule has 1 fully saturated rings. The first-order valence-electron chi connectivity index (χ1n) is 12.4. The zero-order chi connectivity index (χ0) is 24.3. The second-order valence-electron chi connectivity index (χ2n) is 9.88. The summed E-state index contributed by atoms with van der Waals surface area (Å²) in [4.78, 5) is 17.8. The SMILES string of the molecule is Nc1ncccc1-c1nc2ccc(C3CC=Cc4[nH]ccc43)nc2n1-c1ccc(C2(N)CCC2)cc1. The summed E-state index contributed by atoms with van der Waals surface area (Å²) in [6, 6.07) is 18.6. The summed E-state index contributed by atoms with van der Waals surface area (Å²) in [5.41, 5.74) is 20.7. The lowest BCUT2D eigenvalue weighted by molar-refractivity contribution is 0.253. The molecule has 0 spiro atoms. The molecule has 4 heterocycles. The van der Waals surface area contributed by atoms with Crippen molar-refractivity contribution in [3.8, 4) is 17.1 Å². The Hall–Kier alpha value is -4.23. The monoisotopic (exact) mass is 473 g/mol. The first kappa shape index (κ1) is 21.1. The molecule has 2 aliphatic rings. The summed E-state index contributed by atoms with van der Waals surface area (Å²) in [5, 5.41) is 0. The van der Waals surface area contributed by atoms with Gasteiger partial charge < -0.3 is 16.5 Å². The minimum absolute atomic E-state index is 0.189. The van der Waals surface area contributed by atoms with Gasteiger partial charge in [-0.05, 0) is 85.4 Å². The molecule has 7 heteroatoms. The van der Waals surface area contributed by atoms with Crippen molar-refractivity contribution < 1.29 is 0 Å². The lowest BCUT2D eigenvalue weighted by Crippen LogP contribution is -2.43. The maximum Gasteiger partial charge on any atom is 0.165 e. The first-order valence-corrected chi connectivity index (χ1v) is 12.4. The van der Waals surface area contributed by atoms with E-state index in [9.17, 15) is 0 Å². The van der Waals surface area contributed by atoms with Crippen LogP contribution in [0.5, 0.6) is 0 Å². The highest BCUT2D eigenvalue weighted by molar-refractivity contribution is 5.83. The number of hydrogen-bond acceptors (Lipinski definition) is 5.